The molecule has 30 heavy (non-hydrogen) atoms. The van der Waals surface area contributed by atoms with E-state index in [9.17, 15) is 4.79 Å². The molecule has 0 fully saturated rings. The highest BCUT2D eigenvalue weighted by molar-refractivity contribution is 7.80. The molecule has 5 nitrogen and oxygen atoms in total. The number of hydrogen-bond acceptors (Lipinski definition) is 4. The van der Waals surface area contributed by atoms with Gasteiger partial charge in [-0.3, -0.25) is 10.1 Å². The summed E-state index contributed by atoms with van der Waals surface area (Å²) < 4.78 is 11.4. The second-order valence-electron chi connectivity index (χ2n) is 6.57. The highest BCUT2D eigenvalue weighted by atomic mass is 32.1. The Morgan fingerprint density at radius 3 is 2.17 bits per heavy atom. The van der Waals surface area contributed by atoms with Crippen molar-refractivity contribution in [1.29, 1.82) is 0 Å². The first-order chi connectivity index (χ1) is 14.6. The summed E-state index contributed by atoms with van der Waals surface area (Å²) in [6.45, 7) is 2.78. The van der Waals surface area contributed by atoms with Crippen molar-refractivity contribution in [2.45, 2.75) is 19.8 Å². The largest absolute Gasteiger partial charge is 0.494 e. The van der Waals surface area contributed by atoms with Gasteiger partial charge in [0.1, 0.15) is 17.2 Å². The van der Waals surface area contributed by atoms with Crippen LogP contribution in [0.15, 0.2) is 78.9 Å². The lowest BCUT2D eigenvalue weighted by atomic mass is 10.2. The van der Waals surface area contributed by atoms with Gasteiger partial charge in [-0.15, -0.1) is 0 Å². The summed E-state index contributed by atoms with van der Waals surface area (Å²) in [4.78, 5) is 12.4. The van der Waals surface area contributed by atoms with Gasteiger partial charge in [0.15, 0.2) is 5.11 Å². The first-order valence-electron chi connectivity index (χ1n) is 9.82. The van der Waals surface area contributed by atoms with E-state index in [1.807, 2.05) is 54.6 Å². The van der Waals surface area contributed by atoms with E-state index in [1.165, 1.54) is 0 Å². The highest BCUT2D eigenvalue weighted by Crippen LogP contribution is 2.22. The quantitative estimate of drug-likeness (QED) is 0.357. The van der Waals surface area contributed by atoms with E-state index >= 15 is 0 Å². The second kappa shape index (κ2) is 11.0. The van der Waals surface area contributed by atoms with E-state index in [-0.39, 0.29) is 11.0 Å². The van der Waals surface area contributed by atoms with Crippen molar-refractivity contribution < 1.29 is 14.3 Å². The Morgan fingerprint density at radius 1 is 0.867 bits per heavy atom. The van der Waals surface area contributed by atoms with E-state index in [4.69, 9.17) is 21.7 Å². The summed E-state index contributed by atoms with van der Waals surface area (Å²) in [6, 6.07) is 23.9. The molecule has 3 aromatic rings. The van der Waals surface area contributed by atoms with Gasteiger partial charge >= 0.3 is 0 Å². The summed E-state index contributed by atoms with van der Waals surface area (Å²) in [7, 11) is 0. The SMILES string of the molecule is CCCCOc1ccc(C(=O)NC(=S)Nc2ccc(Oc3ccccc3)cc2)cc1. The van der Waals surface area contributed by atoms with Gasteiger partial charge in [0.25, 0.3) is 5.91 Å². The van der Waals surface area contributed by atoms with Crippen molar-refractivity contribution >= 4 is 28.9 Å². The smallest absolute Gasteiger partial charge is 0.257 e. The van der Waals surface area contributed by atoms with Crippen LogP contribution in [0.25, 0.3) is 0 Å². The van der Waals surface area contributed by atoms with Crippen molar-refractivity contribution in [3.8, 4) is 17.2 Å². The molecule has 154 valence electrons. The van der Waals surface area contributed by atoms with Crippen molar-refractivity contribution in [3.63, 3.8) is 0 Å². The van der Waals surface area contributed by atoms with Crippen LogP contribution in [0.3, 0.4) is 0 Å². The van der Waals surface area contributed by atoms with E-state index in [2.05, 4.69) is 17.6 Å². The van der Waals surface area contributed by atoms with Crippen molar-refractivity contribution in [2.75, 3.05) is 11.9 Å². The van der Waals surface area contributed by atoms with Crippen LogP contribution < -0.4 is 20.1 Å². The molecule has 0 spiro atoms. The van der Waals surface area contributed by atoms with Crippen molar-refractivity contribution in [1.82, 2.24) is 5.32 Å². The fraction of sp³-hybridized carbons (Fsp3) is 0.167. The number of benzene rings is 3. The van der Waals surface area contributed by atoms with E-state index in [1.54, 1.807) is 24.3 Å². The van der Waals surface area contributed by atoms with E-state index < -0.39 is 0 Å². The number of carbonyl (C=O) groups excluding carboxylic acids is 1. The third kappa shape index (κ3) is 6.60. The molecular weight excluding hydrogens is 396 g/mol. The van der Waals surface area contributed by atoms with Crippen LogP contribution in [0.1, 0.15) is 30.1 Å². The Labute approximate surface area is 182 Å². The third-order valence-electron chi connectivity index (χ3n) is 4.20. The minimum Gasteiger partial charge on any atom is -0.494 e. The molecule has 0 aromatic heterocycles. The van der Waals surface area contributed by atoms with Crippen LogP contribution in [-0.2, 0) is 0 Å². The minimum absolute atomic E-state index is 0.222. The molecule has 0 aliphatic carbocycles. The first kappa shape index (κ1) is 21.3. The summed E-state index contributed by atoms with van der Waals surface area (Å²) in [5, 5.41) is 5.90. The number of unbranched alkanes of at least 4 members (excludes halogenated alkanes) is 1. The van der Waals surface area contributed by atoms with Gasteiger partial charge in [0, 0.05) is 11.3 Å². The van der Waals surface area contributed by atoms with Gasteiger partial charge in [0.05, 0.1) is 6.61 Å². The molecule has 0 saturated heterocycles. The van der Waals surface area contributed by atoms with Gasteiger partial charge in [-0.1, -0.05) is 31.5 Å². The summed E-state index contributed by atoms with van der Waals surface area (Å²) in [5.74, 6) is 1.95. The van der Waals surface area contributed by atoms with Crippen LogP contribution in [-0.4, -0.2) is 17.6 Å². The number of ether oxygens (including phenoxy) is 2. The average molecular weight is 421 g/mol. The van der Waals surface area contributed by atoms with Crippen molar-refractivity contribution in [3.05, 3.63) is 84.4 Å². The fourth-order valence-electron chi connectivity index (χ4n) is 2.61. The molecule has 2 N–H and O–H groups in total. The van der Waals surface area contributed by atoms with Crippen LogP contribution in [0.2, 0.25) is 0 Å². The number of rotatable bonds is 8. The first-order valence-corrected chi connectivity index (χ1v) is 10.2. The number of hydrogen-bond donors (Lipinski definition) is 2. The molecular formula is C24H24N2O3S. The minimum atomic E-state index is -0.281. The Balaban J connectivity index is 1.49. The molecule has 1 amide bonds. The summed E-state index contributed by atoms with van der Waals surface area (Å²) in [6.07, 6.45) is 2.08. The van der Waals surface area contributed by atoms with Gasteiger partial charge in [-0.05, 0) is 79.3 Å². The Hall–Kier alpha value is -3.38. The maximum atomic E-state index is 12.4. The molecule has 3 aromatic carbocycles. The van der Waals surface area contributed by atoms with Crippen molar-refractivity contribution in [2.24, 2.45) is 0 Å². The van der Waals surface area contributed by atoms with Gasteiger partial charge in [-0.2, -0.15) is 0 Å². The molecule has 3 rings (SSSR count). The molecule has 0 saturated carbocycles. The van der Waals surface area contributed by atoms with E-state index in [0.29, 0.717) is 17.9 Å². The average Bonchev–Trinajstić information content (AvgIpc) is 2.76. The predicted molar refractivity (Wildman–Crippen MR) is 123 cm³/mol. The Kier molecular flexibility index (Phi) is 7.80. The van der Waals surface area contributed by atoms with Crippen LogP contribution >= 0.6 is 12.2 Å². The number of thiocarbonyl (C=S) groups is 1. The standard InChI is InChI=1S/C24H24N2O3S/c1-2-3-17-28-20-13-9-18(10-14-20)23(27)26-24(30)25-19-11-15-22(16-12-19)29-21-7-5-4-6-8-21/h4-16H,2-3,17H2,1H3,(H2,25,26,27,30). The Bertz CT molecular complexity index is 958. The van der Waals surface area contributed by atoms with Crippen LogP contribution in [0.4, 0.5) is 5.69 Å². The number of para-hydroxylation sites is 1. The van der Waals surface area contributed by atoms with Gasteiger partial charge < -0.3 is 14.8 Å². The lowest BCUT2D eigenvalue weighted by molar-refractivity contribution is 0.0977. The number of carbonyl (C=O) groups is 1. The number of anilines is 1. The summed E-state index contributed by atoms with van der Waals surface area (Å²) >= 11 is 5.25. The topological polar surface area (TPSA) is 59.6 Å². The second-order valence-corrected chi connectivity index (χ2v) is 6.98. The molecule has 6 heteroatoms. The normalized spacial score (nSPS) is 10.2. The highest BCUT2D eigenvalue weighted by Gasteiger charge is 2.08. The third-order valence-corrected chi connectivity index (χ3v) is 4.41. The van der Waals surface area contributed by atoms with Crippen LogP contribution in [0, 0.1) is 0 Å². The zero-order valence-corrected chi connectivity index (χ0v) is 17.6. The summed E-state index contributed by atoms with van der Waals surface area (Å²) in [5.41, 5.74) is 1.26. The predicted octanol–water partition coefficient (Wildman–Crippen LogP) is 5.78. The molecule has 0 unspecified atom stereocenters. The monoisotopic (exact) mass is 420 g/mol. The maximum absolute atomic E-state index is 12.4. The Morgan fingerprint density at radius 2 is 1.50 bits per heavy atom. The molecule has 0 radical (unpaired) electrons. The van der Waals surface area contributed by atoms with Gasteiger partial charge in [0.2, 0.25) is 0 Å². The lowest BCUT2D eigenvalue weighted by Crippen LogP contribution is -2.34. The maximum Gasteiger partial charge on any atom is 0.257 e. The zero-order chi connectivity index (χ0) is 21.2. The zero-order valence-electron chi connectivity index (χ0n) is 16.8. The molecule has 0 aliphatic heterocycles. The number of amides is 1. The number of nitrogens with one attached hydrogen (secondary N) is 2. The molecule has 0 heterocycles. The lowest BCUT2D eigenvalue weighted by Gasteiger charge is -2.11. The molecule has 0 bridgehead atoms. The van der Waals surface area contributed by atoms with Crippen LogP contribution in [0.5, 0.6) is 17.2 Å². The van der Waals surface area contributed by atoms with E-state index in [0.717, 1.165) is 30.0 Å². The fourth-order valence-corrected chi connectivity index (χ4v) is 2.82. The van der Waals surface area contributed by atoms with Gasteiger partial charge in [-0.25, -0.2) is 0 Å². The molecule has 0 aliphatic rings. The molecule has 0 atom stereocenters.